The minimum Gasteiger partial charge on any atom is -0.469 e. The van der Waals surface area contributed by atoms with Gasteiger partial charge in [0.2, 0.25) is 0 Å². The van der Waals surface area contributed by atoms with E-state index < -0.39 is 0 Å². The largest absolute Gasteiger partial charge is 0.469 e. The van der Waals surface area contributed by atoms with Gasteiger partial charge in [0.1, 0.15) is 5.78 Å². The van der Waals surface area contributed by atoms with Crippen molar-refractivity contribution in [2.24, 2.45) is 11.8 Å². The Balaban J connectivity index is 2.52. The van der Waals surface area contributed by atoms with Gasteiger partial charge in [0.25, 0.3) is 0 Å². The van der Waals surface area contributed by atoms with E-state index in [1.807, 2.05) is 0 Å². The first-order chi connectivity index (χ1) is 7.69. The summed E-state index contributed by atoms with van der Waals surface area (Å²) < 4.78 is 4.65. The molecule has 0 amide bonds. The number of ether oxygens (including phenoxy) is 1. The van der Waals surface area contributed by atoms with E-state index in [9.17, 15) is 9.59 Å². The third-order valence-corrected chi connectivity index (χ3v) is 3.19. The van der Waals surface area contributed by atoms with Crippen LogP contribution in [0.3, 0.4) is 0 Å². The van der Waals surface area contributed by atoms with E-state index in [0.29, 0.717) is 18.6 Å². The molecule has 0 N–H and O–H groups in total. The van der Waals surface area contributed by atoms with Gasteiger partial charge in [-0.25, -0.2) is 0 Å². The lowest BCUT2D eigenvalue weighted by atomic mass is 9.89. The van der Waals surface area contributed by atoms with Gasteiger partial charge in [0.15, 0.2) is 0 Å². The summed E-state index contributed by atoms with van der Waals surface area (Å²) in [6, 6.07) is 0. The fourth-order valence-electron chi connectivity index (χ4n) is 2.25. The molecule has 16 heavy (non-hydrogen) atoms. The molecule has 3 heteroatoms. The molecule has 1 saturated carbocycles. The number of ketones is 1. The Labute approximate surface area is 96.9 Å². The Morgan fingerprint density at radius 2 is 2.25 bits per heavy atom. The average Bonchev–Trinajstić information content (AvgIpc) is 2.61. The van der Waals surface area contributed by atoms with Crippen molar-refractivity contribution in [2.45, 2.75) is 39.0 Å². The summed E-state index contributed by atoms with van der Waals surface area (Å²) in [6.07, 6.45) is 7.72. The molecule has 0 aromatic rings. The highest BCUT2D eigenvalue weighted by atomic mass is 16.5. The second kappa shape index (κ2) is 6.46. The summed E-state index contributed by atoms with van der Waals surface area (Å²) in [4.78, 5) is 22.9. The molecule has 1 aliphatic rings. The molecule has 0 aliphatic heterocycles. The predicted molar refractivity (Wildman–Crippen MR) is 61.9 cm³/mol. The maximum atomic E-state index is 11.7. The first-order valence-electron chi connectivity index (χ1n) is 5.93. The van der Waals surface area contributed by atoms with E-state index >= 15 is 0 Å². The molecule has 0 radical (unpaired) electrons. The van der Waals surface area contributed by atoms with Crippen molar-refractivity contribution < 1.29 is 14.3 Å². The normalized spacial score (nSPS) is 25.2. The highest BCUT2D eigenvalue weighted by Gasteiger charge is 2.34. The second-order valence-corrected chi connectivity index (χ2v) is 4.27. The van der Waals surface area contributed by atoms with Gasteiger partial charge in [0.05, 0.1) is 7.11 Å². The van der Waals surface area contributed by atoms with Crippen LogP contribution in [0, 0.1) is 11.8 Å². The standard InChI is InChI=1S/C13H20O3/c1-3-4-5-6-11-10(7-8-12(11)14)9-13(15)16-2/h4-5,10-11H,3,6-9H2,1-2H3/t10-,11+/m0/s1. The molecule has 0 aromatic carbocycles. The van der Waals surface area contributed by atoms with Crippen LogP contribution in [-0.2, 0) is 14.3 Å². The Morgan fingerprint density at radius 1 is 1.50 bits per heavy atom. The maximum absolute atomic E-state index is 11.7. The Bertz CT molecular complexity index is 281. The number of allylic oxidation sites excluding steroid dienone is 2. The van der Waals surface area contributed by atoms with Gasteiger partial charge in [-0.3, -0.25) is 9.59 Å². The van der Waals surface area contributed by atoms with Crippen LogP contribution in [0.1, 0.15) is 39.0 Å². The maximum Gasteiger partial charge on any atom is 0.305 e. The summed E-state index contributed by atoms with van der Waals surface area (Å²) in [5, 5.41) is 0. The van der Waals surface area contributed by atoms with Crippen LogP contribution in [0.25, 0.3) is 0 Å². The quantitative estimate of drug-likeness (QED) is 0.532. The lowest BCUT2D eigenvalue weighted by Crippen LogP contribution is -2.18. The highest BCUT2D eigenvalue weighted by molar-refractivity contribution is 5.84. The minimum atomic E-state index is -0.204. The molecule has 0 bridgehead atoms. The molecule has 0 unspecified atom stereocenters. The number of hydrogen-bond acceptors (Lipinski definition) is 3. The first kappa shape index (κ1) is 12.9. The Morgan fingerprint density at radius 3 is 2.88 bits per heavy atom. The van der Waals surface area contributed by atoms with Crippen molar-refractivity contribution >= 4 is 11.8 Å². The topological polar surface area (TPSA) is 43.4 Å². The van der Waals surface area contributed by atoms with E-state index in [1.54, 1.807) is 0 Å². The summed E-state index contributed by atoms with van der Waals surface area (Å²) >= 11 is 0. The van der Waals surface area contributed by atoms with Crippen molar-refractivity contribution in [3.63, 3.8) is 0 Å². The molecular weight excluding hydrogens is 204 g/mol. The number of Topliss-reactive ketones (excluding diaryl/α,β-unsaturated/α-hetero) is 1. The predicted octanol–water partition coefficient (Wildman–Crippen LogP) is 2.50. The van der Waals surface area contributed by atoms with E-state index in [-0.39, 0.29) is 17.8 Å². The summed E-state index contributed by atoms with van der Waals surface area (Å²) in [5.74, 6) is 0.308. The van der Waals surface area contributed by atoms with Gasteiger partial charge in [0, 0.05) is 18.8 Å². The first-order valence-corrected chi connectivity index (χ1v) is 5.93. The SMILES string of the molecule is CCC=CC[C@H]1C(=O)CC[C@H]1CC(=O)OC. The molecule has 0 saturated heterocycles. The fraction of sp³-hybridized carbons (Fsp3) is 0.692. The number of rotatable bonds is 5. The van der Waals surface area contributed by atoms with Crippen LogP contribution < -0.4 is 0 Å². The van der Waals surface area contributed by atoms with Crippen LogP contribution >= 0.6 is 0 Å². The molecule has 1 fully saturated rings. The Hall–Kier alpha value is -1.12. The summed E-state index contributed by atoms with van der Waals surface area (Å²) in [6.45, 7) is 2.07. The number of carbonyl (C=O) groups excluding carboxylic acids is 2. The Kier molecular flexibility index (Phi) is 5.23. The molecule has 1 rings (SSSR count). The molecule has 0 heterocycles. The van der Waals surface area contributed by atoms with E-state index in [4.69, 9.17) is 0 Å². The van der Waals surface area contributed by atoms with Gasteiger partial charge in [-0.05, 0) is 25.2 Å². The summed E-state index contributed by atoms with van der Waals surface area (Å²) in [7, 11) is 1.39. The smallest absolute Gasteiger partial charge is 0.305 e. The molecule has 1 aliphatic carbocycles. The zero-order valence-electron chi connectivity index (χ0n) is 10.1. The molecule has 2 atom stereocenters. The van der Waals surface area contributed by atoms with Gasteiger partial charge in [-0.1, -0.05) is 19.1 Å². The van der Waals surface area contributed by atoms with Crippen LogP contribution in [-0.4, -0.2) is 18.9 Å². The van der Waals surface area contributed by atoms with Gasteiger partial charge in [-0.15, -0.1) is 0 Å². The number of esters is 1. The van der Waals surface area contributed by atoms with Crippen LogP contribution in [0.2, 0.25) is 0 Å². The number of carbonyl (C=O) groups is 2. The van der Waals surface area contributed by atoms with Crippen molar-refractivity contribution in [2.75, 3.05) is 7.11 Å². The fourth-order valence-corrected chi connectivity index (χ4v) is 2.25. The third-order valence-electron chi connectivity index (χ3n) is 3.19. The minimum absolute atomic E-state index is 0.0295. The molecule has 0 spiro atoms. The number of methoxy groups -OCH3 is 1. The number of hydrogen-bond donors (Lipinski definition) is 0. The average molecular weight is 224 g/mol. The van der Waals surface area contributed by atoms with E-state index in [0.717, 1.165) is 19.3 Å². The van der Waals surface area contributed by atoms with Crippen molar-refractivity contribution in [1.82, 2.24) is 0 Å². The molecule has 90 valence electrons. The summed E-state index contributed by atoms with van der Waals surface area (Å²) in [5.41, 5.74) is 0. The van der Waals surface area contributed by atoms with Crippen molar-refractivity contribution in [1.29, 1.82) is 0 Å². The van der Waals surface area contributed by atoms with Crippen molar-refractivity contribution in [3.8, 4) is 0 Å². The molecular formula is C13H20O3. The van der Waals surface area contributed by atoms with Gasteiger partial charge in [-0.2, -0.15) is 0 Å². The molecule has 0 aromatic heterocycles. The molecule has 3 nitrogen and oxygen atoms in total. The lowest BCUT2D eigenvalue weighted by Gasteiger charge is -2.15. The monoisotopic (exact) mass is 224 g/mol. The second-order valence-electron chi connectivity index (χ2n) is 4.27. The van der Waals surface area contributed by atoms with Gasteiger partial charge < -0.3 is 4.74 Å². The zero-order chi connectivity index (χ0) is 12.0. The van der Waals surface area contributed by atoms with Crippen LogP contribution in [0.5, 0.6) is 0 Å². The van der Waals surface area contributed by atoms with Crippen LogP contribution in [0.15, 0.2) is 12.2 Å². The van der Waals surface area contributed by atoms with Gasteiger partial charge >= 0.3 is 5.97 Å². The van der Waals surface area contributed by atoms with Crippen LogP contribution in [0.4, 0.5) is 0 Å². The lowest BCUT2D eigenvalue weighted by molar-refractivity contribution is -0.142. The highest BCUT2D eigenvalue weighted by Crippen LogP contribution is 2.34. The van der Waals surface area contributed by atoms with Crippen molar-refractivity contribution in [3.05, 3.63) is 12.2 Å². The zero-order valence-corrected chi connectivity index (χ0v) is 10.1. The van der Waals surface area contributed by atoms with E-state index in [2.05, 4.69) is 23.8 Å². The van der Waals surface area contributed by atoms with E-state index in [1.165, 1.54) is 7.11 Å². The third kappa shape index (κ3) is 3.47.